The Labute approximate surface area is 201 Å². The standard InChI is InChI=1S/C23H29ClN4O.HI/c1-25-23(26-13-12-18-6-5-7-21(24)16-18)27-17-19-8-10-20(11-9-19)22(29)28-14-3-2-4-15-28;/h5-11,16H,2-4,12-15,17H2,1H3,(H2,25,26,27);1H. The molecule has 0 aliphatic carbocycles. The number of benzene rings is 2. The zero-order chi connectivity index (χ0) is 20.5. The van der Waals surface area contributed by atoms with Crippen LogP contribution in [0.5, 0.6) is 0 Å². The fourth-order valence-electron chi connectivity index (χ4n) is 3.47. The van der Waals surface area contributed by atoms with Crippen LogP contribution in [0.1, 0.15) is 40.7 Å². The number of nitrogens with one attached hydrogen (secondary N) is 2. The van der Waals surface area contributed by atoms with Crippen molar-refractivity contribution in [3.8, 4) is 0 Å². The second-order valence-corrected chi connectivity index (χ2v) is 7.72. The summed E-state index contributed by atoms with van der Waals surface area (Å²) >= 11 is 6.03. The summed E-state index contributed by atoms with van der Waals surface area (Å²) in [5.41, 5.74) is 3.06. The van der Waals surface area contributed by atoms with E-state index in [2.05, 4.69) is 21.7 Å². The first-order chi connectivity index (χ1) is 14.2. The topological polar surface area (TPSA) is 56.7 Å². The Morgan fingerprint density at radius 2 is 1.77 bits per heavy atom. The number of piperidine rings is 1. The van der Waals surface area contributed by atoms with Crippen molar-refractivity contribution >= 4 is 47.4 Å². The molecule has 0 bridgehead atoms. The van der Waals surface area contributed by atoms with Gasteiger partial charge in [-0.3, -0.25) is 9.79 Å². The number of carbonyl (C=O) groups is 1. The van der Waals surface area contributed by atoms with Gasteiger partial charge in [-0.15, -0.1) is 24.0 Å². The van der Waals surface area contributed by atoms with E-state index in [0.717, 1.165) is 61.0 Å². The van der Waals surface area contributed by atoms with Crippen molar-refractivity contribution in [1.82, 2.24) is 15.5 Å². The molecule has 0 radical (unpaired) electrons. The van der Waals surface area contributed by atoms with Gasteiger partial charge in [0, 0.05) is 43.8 Å². The number of aliphatic imine (C=N–C) groups is 1. The minimum Gasteiger partial charge on any atom is -0.356 e. The molecule has 0 spiro atoms. The maximum Gasteiger partial charge on any atom is 0.253 e. The summed E-state index contributed by atoms with van der Waals surface area (Å²) < 4.78 is 0. The van der Waals surface area contributed by atoms with Crippen LogP contribution in [-0.2, 0) is 13.0 Å². The molecular weight excluding hydrogens is 511 g/mol. The molecule has 0 atom stereocenters. The van der Waals surface area contributed by atoms with Crippen LogP contribution in [0.2, 0.25) is 5.02 Å². The second-order valence-electron chi connectivity index (χ2n) is 7.28. The summed E-state index contributed by atoms with van der Waals surface area (Å²) in [6, 6.07) is 15.7. The molecule has 0 saturated carbocycles. The van der Waals surface area contributed by atoms with Crippen molar-refractivity contribution in [2.45, 2.75) is 32.2 Å². The zero-order valence-corrected chi connectivity index (χ0v) is 20.5. The van der Waals surface area contributed by atoms with Crippen LogP contribution in [0.25, 0.3) is 0 Å². The quantitative estimate of drug-likeness (QED) is 0.322. The first kappa shape index (κ1) is 24.5. The van der Waals surface area contributed by atoms with Gasteiger partial charge < -0.3 is 15.5 Å². The molecule has 1 heterocycles. The predicted molar refractivity (Wildman–Crippen MR) is 135 cm³/mol. The molecule has 1 fully saturated rings. The molecule has 2 aromatic rings. The molecule has 3 rings (SSSR count). The van der Waals surface area contributed by atoms with E-state index >= 15 is 0 Å². The SMILES string of the molecule is CN=C(NCCc1cccc(Cl)c1)NCc1ccc(C(=O)N2CCCCC2)cc1.I. The first-order valence-electron chi connectivity index (χ1n) is 10.2. The van der Waals surface area contributed by atoms with Gasteiger partial charge in [-0.2, -0.15) is 0 Å². The van der Waals surface area contributed by atoms with Gasteiger partial charge in [-0.25, -0.2) is 0 Å². The van der Waals surface area contributed by atoms with Gasteiger partial charge in [0.2, 0.25) is 0 Å². The minimum atomic E-state index is 0. The molecule has 0 unspecified atom stereocenters. The average Bonchev–Trinajstić information content (AvgIpc) is 2.76. The van der Waals surface area contributed by atoms with E-state index in [1.807, 2.05) is 47.4 Å². The smallest absolute Gasteiger partial charge is 0.253 e. The Morgan fingerprint density at radius 1 is 1.03 bits per heavy atom. The van der Waals surface area contributed by atoms with Crippen molar-refractivity contribution < 1.29 is 4.79 Å². The second kappa shape index (κ2) is 12.8. The minimum absolute atomic E-state index is 0. The third kappa shape index (κ3) is 7.47. The monoisotopic (exact) mass is 540 g/mol. The third-order valence-corrected chi connectivity index (χ3v) is 5.36. The maximum atomic E-state index is 12.6. The average molecular weight is 541 g/mol. The summed E-state index contributed by atoms with van der Waals surface area (Å²) in [7, 11) is 1.76. The summed E-state index contributed by atoms with van der Waals surface area (Å²) in [6.45, 7) is 3.16. The maximum absolute atomic E-state index is 12.6. The van der Waals surface area contributed by atoms with Crippen molar-refractivity contribution in [2.75, 3.05) is 26.7 Å². The van der Waals surface area contributed by atoms with Gasteiger partial charge in [-0.05, 0) is 61.1 Å². The Hall–Kier alpha value is -1.80. The number of guanidine groups is 1. The van der Waals surface area contributed by atoms with Gasteiger partial charge in [0.1, 0.15) is 0 Å². The molecule has 162 valence electrons. The van der Waals surface area contributed by atoms with Crippen LogP contribution in [-0.4, -0.2) is 43.4 Å². The molecule has 1 aliphatic rings. The molecule has 5 nitrogen and oxygen atoms in total. The number of amides is 1. The number of nitrogens with zero attached hydrogens (tertiary/aromatic N) is 2. The van der Waals surface area contributed by atoms with E-state index in [4.69, 9.17) is 11.6 Å². The molecule has 7 heteroatoms. The van der Waals surface area contributed by atoms with E-state index in [1.165, 1.54) is 12.0 Å². The number of hydrogen-bond donors (Lipinski definition) is 2. The number of rotatable bonds is 6. The van der Waals surface area contributed by atoms with Gasteiger partial charge in [0.15, 0.2) is 5.96 Å². The fourth-order valence-corrected chi connectivity index (χ4v) is 3.68. The normalized spacial score (nSPS) is 14.1. The Bertz CT molecular complexity index is 835. The van der Waals surface area contributed by atoms with Crippen molar-refractivity contribution in [2.24, 2.45) is 4.99 Å². The zero-order valence-electron chi connectivity index (χ0n) is 17.4. The predicted octanol–water partition coefficient (Wildman–Crippen LogP) is 4.49. The fraction of sp³-hybridized carbons (Fsp3) is 0.391. The lowest BCUT2D eigenvalue weighted by Crippen LogP contribution is -2.38. The van der Waals surface area contributed by atoms with Crippen LogP contribution in [0.4, 0.5) is 0 Å². The Kier molecular flexibility index (Phi) is 10.4. The summed E-state index contributed by atoms with van der Waals surface area (Å²) in [4.78, 5) is 18.8. The van der Waals surface area contributed by atoms with Crippen molar-refractivity contribution in [3.63, 3.8) is 0 Å². The lowest BCUT2D eigenvalue weighted by molar-refractivity contribution is 0.0724. The summed E-state index contributed by atoms with van der Waals surface area (Å²) in [6.07, 6.45) is 4.31. The third-order valence-electron chi connectivity index (χ3n) is 5.12. The van der Waals surface area contributed by atoms with E-state index in [-0.39, 0.29) is 29.9 Å². The molecule has 1 amide bonds. The molecule has 0 aromatic heterocycles. The largest absolute Gasteiger partial charge is 0.356 e. The number of hydrogen-bond acceptors (Lipinski definition) is 2. The van der Waals surface area contributed by atoms with E-state index < -0.39 is 0 Å². The highest BCUT2D eigenvalue weighted by Gasteiger charge is 2.17. The number of halogens is 2. The molecule has 30 heavy (non-hydrogen) atoms. The Balaban J connectivity index is 0.00000320. The van der Waals surface area contributed by atoms with Crippen LogP contribution in [0.15, 0.2) is 53.5 Å². The highest BCUT2D eigenvalue weighted by atomic mass is 127. The Morgan fingerprint density at radius 3 is 2.43 bits per heavy atom. The van der Waals surface area contributed by atoms with E-state index in [9.17, 15) is 4.79 Å². The van der Waals surface area contributed by atoms with Crippen LogP contribution in [0.3, 0.4) is 0 Å². The number of likely N-dealkylation sites (tertiary alicyclic amines) is 1. The van der Waals surface area contributed by atoms with Crippen LogP contribution >= 0.6 is 35.6 Å². The van der Waals surface area contributed by atoms with E-state index in [1.54, 1.807) is 7.05 Å². The lowest BCUT2D eigenvalue weighted by atomic mass is 10.1. The highest BCUT2D eigenvalue weighted by Crippen LogP contribution is 2.14. The van der Waals surface area contributed by atoms with Crippen LogP contribution < -0.4 is 10.6 Å². The summed E-state index contributed by atoms with van der Waals surface area (Å²) in [5, 5.41) is 7.38. The van der Waals surface area contributed by atoms with Gasteiger partial charge in [-0.1, -0.05) is 35.9 Å². The lowest BCUT2D eigenvalue weighted by Gasteiger charge is -2.26. The van der Waals surface area contributed by atoms with E-state index in [0.29, 0.717) is 6.54 Å². The highest BCUT2D eigenvalue weighted by molar-refractivity contribution is 14.0. The van der Waals surface area contributed by atoms with Gasteiger partial charge in [0.05, 0.1) is 0 Å². The molecule has 2 N–H and O–H groups in total. The molecular formula is C23H30ClIN4O. The molecule has 1 aliphatic heterocycles. The van der Waals surface area contributed by atoms with Crippen molar-refractivity contribution in [3.05, 3.63) is 70.2 Å². The van der Waals surface area contributed by atoms with Gasteiger partial charge in [0.25, 0.3) is 5.91 Å². The molecule has 2 aromatic carbocycles. The van der Waals surface area contributed by atoms with Crippen LogP contribution in [0, 0.1) is 0 Å². The first-order valence-corrected chi connectivity index (χ1v) is 10.6. The number of carbonyl (C=O) groups excluding carboxylic acids is 1. The molecule has 1 saturated heterocycles. The van der Waals surface area contributed by atoms with Gasteiger partial charge >= 0.3 is 0 Å². The summed E-state index contributed by atoms with van der Waals surface area (Å²) in [5.74, 6) is 0.892. The van der Waals surface area contributed by atoms with Crippen molar-refractivity contribution in [1.29, 1.82) is 0 Å².